The molecule has 0 spiro atoms. The molecule has 0 amide bonds. The molecule has 0 N–H and O–H groups in total. The minimum Gasteiger partial charge on any atom is -0.207 e. The zero-order valence-corrected chi connectivity index (χ0v) is 14.2. The van der Waals surface area contributed by atoms with Crippen molar-refractivity contribution >= 4 is 33.2 Å². The molecule has 6 heteroatoms. The molecule has 3 nitrogen and oxygen atoms in total. The van der Waals surface area contributed by atoms with Crippen molar-refractivity contribution in [3.63, 3.8) is 0 Å². The van der Waals surface area contributed by atoms with Gasteiger partial charge in [0, 0.05) is 18.1 Å². The first kappa shape index (κ1) is 16.1. The molecule has 1 aromatic rings. The molecule has 20 heavy (non-hydrogen) atoms. The third-order valence-corrected chi connectivity index (χ3v) is 7.14. The van der Waals surface area contributed by atoms with E-state index in [1.165, 1.54) is 4.31 Å². The summed E-state index contributed by atoms with van der Waals surface area (Å²) in [6.07, 6.45) is 3.97. The molecule has 0 atom stereocenters. The second-order valence-corrected chi connectivity index (χ2v) is 8.12. The van der Waals surface area contributed by atoms with Crippen LogP contribution in [0.5, 0.6) is 0 Å². The fraction of sp³-hybridized carbons (Fsp3) is 0.571. The van der Waals surface area contributed by atoms with Gasteiger partial charge >= 0.3 is 0 Å². The molecular weight excluding hydrogens is 317 g/mol. The van der Waals surface area contributed by atoms with Crippen LogP contribution in [0, 0.1) is 13.8 Å². The predicted octanol–water partition coefficient (Wildman–Crippen LogP) is 4.17. The first-order valence-electron chi connectivity index (χ1n) is 6.70. The number of aryl methyl sites for hydroxylation is 1. The first-order chi connectivity index (χ1) is 9.26. The standard InChI is InChI=1S/C14H19Cl2NO2S/c1-9-8-12(15)10(2)14(13(9)16)20(18,19)17(3)11-6-4-5-7-11/h8,11H,4-7H2,1-3H3. The first-order valence-corrected chi connectivity index (χ1v) is 8.89. The monoisotopic (exact) mass is 335 g/mol. The highest BCUT2D eigenvalue weighted by Crippen LogP contribution is 2.36. The lowest BCUT2D eigenvalue weighted by atomic mass is 10.2. The molecule has 0 unspecified atom stereocenters. The van der Waals surface area contributed by atoms with Crippen molar-refractivity contribution in [2.75, 3.05) is 7.05 Å². The van der Waals surface area contributed by atoms with Crippen molar-refractivity contribution < 1.29 is 8.42 Å². The van der Waals surface area contributed by atoms with E-state index >= 15 is 0 Å². The second-order valence-electron chi connectivity index (χ2n) is 5.40. The Morgan fingerprint density at radius 1 is 1.20 bits per heavy atom. The van der Waals surface area contributed by atoms with Crippen LogP contribution in [0.15, 0.2) is 11.0 Å². The summed E-state index contributed by atoms with van der Waals surface area (Å²) < 4.78 is 27.2. The van der Waals surface area contributed by atoms with Gasteiger partial charge in [-0.15, -0.1) is 0 Å². The van der Waals surface area contributed by atoms with Crippen molar-refractivity contribution in [3.05, 3.63) is 27.2 Å². The van der Waals surface area contributed by atoms with Crippen LogP contribution >= 0.6 is 23.2 Å². The molecular formula is C14H19Cl2NO2S. The molecule has 0 heterocycles. The summed E-state index contributed by atoms with van der Waals surface area (Å²) in [5.74, 6) is 0. The third-order valence-electron chi connectivity index (χ3n) is 4.06. The van der Waals surface area contributed by atoms with Crippen LogP contribution in [0.3, 0.4) is 0 Å². The molecule has 1 aliphatic rings. The van der Waals surface area contributed by atoms with Crippen LogP contribution in [0.25, 0.3) is 0 Å². The van der Waals surface area contributed by atoms with E-state index in [0.29, 0.717) is 16.1 Å². The second kappa shape index (κ2) is 5.84. The highest BCUT2D eigenvalue weighted by Gasteiger charge is 2.33. The normalized spacial score (nSPS) is 17.1. The van der Waals surface area contributed by atoms with Gasteiger partial charge in [-0.2, -0.15) is 4.31 Å². The van der Waals surface area contributed by atoms with Gasteiger partial charge in [0.2, 0.25) is 10.0 Å². The fourth-order valence-corrected chi connectivity index (χ4v) is 5.31. The van der Waals surface area contributed by atoms with Crippen molar-refractivity contribution in [2.45, 2.75) is 50.5 Å². The Balaban J connectivity index is 2.54. The lowest BCUT2D eigenvalue weighted by Crippen LogP contribution is -2.35. The smallest absolute Gasteiger partial charge is 0.207 e. The zero-order chi connectivity index (χ0) is 15.1. The van der Waals surface area contributed by atoms with Crippen molar-refractivity contribution in [2.24, 2.45) is 0 Å². The Labute approximate surface area is 130 Å². The van der Waals surface area contributed by atoms with Crippen molar-refractivity contribution in [1.82, 2.24) is 4.31 Å². The summed E-state index contributed by atoms with van der Waals surface area (Å²) in [7, 11) is -1.98. The van der Waals surface area contributed by atoms with Crippen LogP contribution in [0.1, 0.15) is 36.8 Å². The topological polar surface area (TPSA) is 37.4 Å². The van der Waals surface area contributed by atoms with Crippen LogP contribution in [0.4, 0.5) is 0 Å². The molecule has 0 radical (unpaired) electrons. The maximum absolute atomic E-state index is 12.8. The summed E-state index contributed by atoms with van der Waals surface area (Å²) in [6.45, 7) is 3.46. The number of hydrogen-bond donors (Lipinski definition) is 0. The van der Waals surface area contributed by atoms with Crippen LogP contribution in [-0.4, -0.2) is 25.8 Å². The Kier molecular flexibility index (Phi) is 4.69. The van der Waals surface area contributed by atoms with Crippen LogP contribution < -0.4 is 0 Å². The largest absolute Gasteiger partial charge is 0.244 e. The molecule has 0 aliphatic heterocycles. The highest BCUT2D eigenvalue weighted by molar-refractivity contribution is 7.89. The molecule has 0 aromatic heterocycles. The average molecular weight is 336 g/mol. The molecule has 0 saturated heterocycles. The minimum absolute atomic E-state index is 0.0646. The van der Waals surface area contributed by atoms with Gasteiger partial charge in [-0.1, -0.05) is 36.0 Å². The number of benzene rings is 1. The van der Waals surface area contributed by atoms with Gasteiger partial charge < -0.3 is 0 Å². The van der Waals surface area contributed by atoms with E-state index in [1.54, 1.807) is 27.0 Å². The molecule has 1 fully saturated rings. The average Bonchev–Trinajstić information content (AvgIpc) is 2.89. The summed E-state index contributed by atoms with van der Waals surface area (Å²) in [5, 5.41) is 0.710. The lowest BCUT2D eigenvalue weighted by molar-refractivity contribution is 0.373. The minimum atomic E-state index is -3.61. The Bertz CT molecular complexity index is 596. The highest BCUT2D eigenvalue weighted by atomic mass is 35.5. The Morgan fingerprint density at radius 3 is 2.30 bits per heavy atom. The maximum Gasteiger partial charge on any atom is 0.244 e. The Hall–Kier alpha value is -0.290. The molecule has 112 valence electrons. The van der Waals surface area contributed by atoms with E-state index in [0.717, 1.165) is 25.7 Å². The molecule has 1 saturated carbocycles. The van der Waals surface area contributed by atoms with E-state index in [9.17, 15) is 8.42 Å². The van der Waals surface area contributed by atoms with Crippen LogP contribution in [0.2, 0.25) is 10.0 Å². The number of sulfonamides is 1. The van der Waals surface area contributed by atoms with E-state index in [4.69, 9.17) is 23.2 Å². The zero-order valence-electron chi connectivity index (χ0n) is 11.9. The SMILES string of the molecule is Cc1cc(Cl)c(C)c(S(=O)(=O)N(C)C2CCCC2)c1Cl. The molecule has 1 aromatic carbocycles. The Morgan fingerprint density at radius 2 is 1.75 bits per heavy atom. The summed E-state index contributed by atoms with van der Waals surface area (Å²) in [6, 6.07) is 1.77. The number of rotatable bonds is 3. The number of nitrogens with zero attached hydrogens (tertiary/aromatic N) is 1. The predicted molar refractivity (Wildman–Crippen MR) is 83.1 cm³/mol. The van der Waals surface area contributed by atoms with Gasteiger partial charge in [-0.3, -0.25) is 0 Å². The van der Waals surface area contributed by atoms with Crippen molar-refractivity contribution in [3.8, 4) is 0 Å². The van der Waals surface area contributed by atoms with E-state index < -0.39 is 10.0 Å². The number of hydrogen-bond acceptors (Lipinski definition) is 2. The van der Waals surface area contributed by atoms with Gasteiger partial charge in [-0.05, 0) is 43.9 Å². The number of halogens is 2. The third kappa shape index (κ3) is 2.71. The van der Waals surface area contributed by atoms with E-state index in [-0.39, 0.29) is 16.0 Å². The lowest BCUT2D eigenvalue weighted by Gasteiger charge is -2.25. The van der Waals surface area contributed by atoms with Gasteiger partial charge in [-0.25, -0.2) is 8.42 Å². The van der Waals surface area contributed by atoms with Crippen molar-refractivity contribution in [1.29, 1.82) is 0 Å². The fourth-order valence-electron chi connectivity index (χ4n) is 2.73. The molecule has 1 aliphatic carbocycles. The summed E-state index contributed by atoms with van der Waals surface area (Å²) in [5.41, 5.74) is 1.20. The van der Waals surface area contributed by atoms with E-state index in [2.05, 4.69) is 0 Å². The van der Waals surface area contributed by atoms with Gasteiger partial charge in [0.25, 0.3) is 0 Å². The molecule has 0 bridgehead atoms. The van der Waals surface area contributed by atoms with Gasteiger partial charge in [0.1, 0.15) is 4.90 Å². The summed E-state index contributed by atoms with van der Waals surface area (Å²) >= 11 is 12.4. The quantitative estimate of drug-likeness (QED) is 0.831. The van der Waals surface area contributed by atoms with E-state index in [1.807, 2.05) is 0 Å². The maximum atomic E-state index is 12.8. The van der Waals surface area contributed by atoms with Gasteiger partial charge in [0.05, 0.1) is 5.02 Å². The summed E-state index contributed by atoms with van der Waals surface area (Å²) in [4.78, 5) is 0.151. The van der Waals surface area contributed by atoms with Gasteiger partial charge in [0.15, 0.2) is 0 Å². The molecule has 2 rings (SSSR count). The van der Waals surface area contributed by atoms with Crippen LogP contribution in [-0.2, 0) is 10.0 Å².